The minimum absolute atomic E-state index is 0.0771. The molecule has 0 fully saturated rings. The Morgan fingerprint density at radius 2 is 2.05 bits per heavy atom. The van der Waals surface area contributed by atoms with Crippen LogP contribution < -0.4 is 15.8 Å². The van der Waals surface area contributed by atoms with Crippen LogP contribution in [-0.4, -0.2) is 23.1 Å². The van der Waals surface area contributed by atoms with E-state index >= 15 is 0 Å². The third-order valence-corrected chi connectivity index (χ3v) is 2.67. The molecule has 1 unspecified atom stereocenters. The van der Waals surface area contributed by atoms with Gasteiger partial charge in [0.15, 0.2) is 0 Å². The Bertz CT molecular complexity index is 504. The highest BCUT2D eigenvalue weighted by Crippen LogP contribution is 2.13. The van der Waals surface area contributed by atoms with Crippen molar-refractivity contribution < 1.29 is 4.74 Å². The number of ether oxygens (including phenoxy) is 1. The van der Waals surface area contributed by atoms with Crippen molar-refractivity contribution in [1.82, 2.24) is 9.97 Å². The maximum absolute atomic E-state index is 6.10. The maximum atomic E-state index is 6.10. The van der Waals surface area contributed by atoms with Gasteiger partial charge < -0.3 is 15.8 Å². The first-order chi connectivity index (χ1) is 9.29. The van der Waals surface area contributed by atoms with Crippen LogP contribution in [0.5, 0.6) is 5.88 Å². The summed E-state index contributed by atoms with van der Waals surface area (Å²) in [6.07, 6.45) is 1.47. The van der Waals surface area contributed by atoms with Crippen molar-refractivity contribution in [3.8, 4) is 5.88 Å². The molecule has 5 heteroatoms. The fourth-order valence-corrected chi connectivity index (χ4v) is 1.70. The molecule has 0 spiro atoms. The summed E-state index contributed by atoms with van der Waals surface area (Å²) in [5, 5.41) is 3.19. The SMILES string of the molecule is CCOc1cc(NCC(N)c2ccccc2)ncn1. The van der Waals surface area contributed by atoms with Crippen LogP contribution in [0.4, 0.5) is 5.82 Å². The molecular formula is C14H18N4O. The summed E-state index contributed by atoms with van der Waals surface area (Å²) in [4.78, 5) is 8.14. The van der Waals surface area contributed by atoms with Gasteiger partial charge in [-0.1, -0.05) is 30.3 Å². The molecule has 1 atom stereocenters. The van der Waals surface area contributed by atoms with Gasteiger partial charge in [-0.05, 0) is 12.5 Å². The lowest BCUT2D eigenvalue weighted by atomic mass is 10.1. The molecule has 2 rings (SSSR count). The van der Waals surface area contributed by atoms with Crippen LogP contribution in [0.3, 0.4) is 0 Å². The highest BCUT2D eigenvalue weighted by atomic mass is 16.5. The van der Waals surface area contributed by atoms with E-state index < -0.39 is 0 Å². The lowest BCUT2D eigenvalue weighted by Gasteiger charge is -2.13. The molecule has 1 aromatic heterocycles. The molecule has 1 aromatic carbocycles. The average Bonchev–Trinajstić information content (AvgIpc) is 2.46. The number of nitrogens with one attached hydrogen (secondary N) is 1. The predicted octanol–water partition coefficient (Wildman–Crippen LogP) is 1.99. The number of nitrogens with two attached hydrogens (primary N) is 1. The first-order valence-electron chi connectivity index (χ1n) is 6.29. The minimum atomic E-state index is -0.0771. The van der Waals surface area contributed by atoms with Crippen molar-refractivity contribution in [2.24, 2.45) is 5.73 Å². The van der Waals surface area contributed by atoms with E-state index in [-0.39, 0.29) is 6.04 Å². The van der Waals surface area contributed by atoms with Crippen LogP contribution in [0, 0.1) is 0 Å². The van der Waals surface area contributed by atoms with Crippen molar-refractivity contribution in [2.45, 2.75) is 13.0 Å². The summed E-state index contributed by atoms with van der Waals surface area (Å²) >= 11 is 0. The van der Waals surface area contributed by atoms with E-state index in [2.05, 4.69) is 15.3 Å². The van der Waals surface area contributed by atoms with E-state index in [1.165, 1.54) is 6.33 Å². The molecule has 2 aromatic rings. The predicted molar refractivity (Wildman–Crippen MR) is 75.1 cm³/mol. The monoisotopic (exact) mass is 258 g/mol. The molecule has 19 heavy (non-hydrogen) atoms. The summed E-state index contributed by atoms with van der Waals surface area (Å²) in [5.74, 6) is 1.28. The van der Waals surface area contributed by atoms with Crippen LogP contribution in [-0.2, 0) is 0 Å². The van der Waals surface area contributed by atoms with Crippen LogP contribution in [0.1, 0.15) is 18.5 Å². The number of benzene rings is 1. The van der Waals surface area contributed by atoms with Gasteiger partial charge in [-0.3, -0.25) is 0 Å². The fourth-order valence-electron chi connectivity index (χ4n) is 1.70. The zero-order chi connectivity index (χ0) is 13.5. The molecule has 0 aliphatic heterocycles. The standard InChI is InChI=1S/C14H18N4O/c1-2-19-14-8-13(17-10-18-14)16-9-12(15)11-6-4-3-5-7-11/h3-8,10,12H,2,9,15H2,1H3,(H,16,17,18). The molecule has 100 valence electrons. The van der Waals surface area contributed by atoms with E-state index in [1.54, 1.807) is 6.07 Å². The van der Waals surface area contributed by atoms with E-state index in [1.807, 2.05) is 37.3 Å². The molecule has 0 aliphatic carbocycles. The van der Waals surface area contributed by atoms with Crippen LogP contribution in [0.2, 0.25) is 0 Å². The maximum Gasteiger partial charge on any atom is 0.218 e. The molecule has 0 aliphatic rings. The van der Waals surface area contributed by atoms with E-state index in [0.717, 1.165) is 5.56 Å². The Balaban J connectivity index is 1.93. The van der Waals surface area contributed by atoms with Crippen molar-refractivity contribution in [1.29, 1.82) is 0 Å². The van der Waals surface area contributed by atoms with E-state index in [4.69, 9.17) is 10.5 Å². The van der Waals surface area contributed by atoms with Gasteiger partial charge in [0.05, 0.1) is 6.61 Å². The number of anilines is 1. The number of hydrogen-bond acceptors (Lipinski definition) is 5. The van der Waals surface area contributed by atoms with Crippen molar-refractivity contribution in [2.75, 3.05) is 18.5 Å². The summed E-state index contributed by atoms with van der Waals surface area (Å²) in [6, 6.07) is 11.6. The third kappa shape index (κ3) is 3.93. The number of nitrogens with zero attached hydrogens (tertiary/aromatic N) is 2. The minimum Gasteiger partial charge on any atom is -0.478 e. The second kappa shape index (κ2) is 6.70. The van der Waals surface area contributed by atoms with Gasteiger partial charge in [-0.25, -0.2) is 9.97 Å². The van der Waals surface area contributed by atoms with Crippen LogP contribution in [0.25, 0.3) is 0 Å². The topological polar surface area (TPSA) is 73.1 Å². The zero-order valence-electron chi connectivity index (χ0n) is 10.9. The van der Waals surface area contributed by atoms with Crippen molar-refractivity contribution in [3.63, 3.8) is 0 Å². The van der Waals surface area contributed by atoms with Gasteiger partial charge in [0, 0.05) is 18.7 Å². The summed E-state index contributed by atoms with van der Waals surface area (Å²) in [5.41, 5.74) is 7.19. The zero-order valence-corrected chi connectivity index (χ0v) is 10.9. The van der Waals surface area contributed by atoms with Gasteiger partial charge in [0.2, 0.25) is 5.88 Å². The third-order valence-electron chi connectivity index (χ3n) is 2.67. The molecule has 0 amide bonds. The lowest BCUT2D eigenvalue weighted by Crippen LogP contribution is -2.20. The fraction of sp³-hybridized carbons (Fsp3) is 0.286. The Morgan fingerprint density at radius 3 is 2.79 bits per heavy atom. The smallest absolute Gasteiger partial charge is 0.218 e. The van der Waals surface area contributed by atoms with Gasteiger partial charge in [0.1, 0.15) is 12.1 Å². The summed E-state index contributed by atoms with van der Waals surface area (Å²) in [6.45, 7) is 3.10. The van der Waals surface area contributed by atoms with Crippen LogP contribution >= 0.6 is 0 Å². The highest BCUT2D eigenvalue weighted by Gasteiger charge is 2.06. The quantitative estimate of drug-likeness (QED) is 0.829. The Kier molecular flexibility index (Phi) is 4.69. The highest BCUT2D eigenvalue weighted by molar-refractivity contribution is 5.37. The molecule has 5 nitrogen and oxygen atoms in total. The van der Waals surface area contributed by atoms with Crippen molar-refractivity contribution in [3.05, 3.63) is 48.3 Å². The second-order valence-electron chi connectivity index (χ2n) is 4.07. The number of aromatic nitrogens is 2. The normalized spacial score (nSPS) is 11.9. The van der Waals surface area contributed by atoms with Gasteiger partial charge in [-0.15, -0.1) is 0 Å². The van der Waals surface area contributed by atoms with E-state index in [0.29, 0.717) is 24.8 Å². The molecule has 0 bridgehead atoms. The largest absolute Gasteiger partial charge is 0.478 e. The molecule has 3 N–H and O–H groups in total. The molecule has 0 radical (unpaired) electrons. The molecular weight excluding hydrogens is 240 g/mol. The first-order valence-corrected chi connectivity index (χ1v) is 6.29. The molecule has 0 saturated heterocycles. The average molecular weight is 258 g/mol. The van der Waals surface area contributed by atoms with Gasteiger partial charge in [-0.2, -0.15) is 0 Å². The summed E-state index contributed by atoms with van der Waals surface area (Å²) < 4.78 is 5.32. The Hall–Kier alpha value is -2.14. The number of hydrogen-bond donors (Lipinski definition) is 2. The Labute approximate surface area is 112 Å². The first kappa shape index (κ1) is 13.3. The summed E-state index contributed by atoms with van der Waals surface area (Å²) in [7, 11) is 0. The van der Waals surface area contributed by atoms with Crippen LogP contribution in [0.15, 0.2) is 42.7 Å². The second-order valence-corrected chi connectivity index (χ2v) is 4.07. The lowest BCUT2D eigenvalue weighted by molar-refractivity contribution is 0.326. The molecule has 0 saturated carbocycles. The van der Waals surface area contributed by atoms with Gasteiger partial charge >= 0.3 is 0 Å². The molecule has 1 heterocycles. The number of rotatable bonds is 6. The van der Waals surface area contributed by atoms with E-state index in [9.17, 15) is 0 Å². The Morgan fingerprint density at radius 1 is 1.26 bits per heavy atom. The van der Waals surface area contributed by atoms with Gasteiger partial charge in [0.25, 0.3) is 0 Å². The van der Waals surface area contributed by atoms with Crippen molar-refractivity contribution >= 4 is 5.82 Å².